The SMILES string of the molecule is COCc1nc(-c2cccc(NC(=O)c3cc4c(OC)ccc(OC)c4[nH]3)c2)n[nH]1. The molecule has 1 amide bonds. The van der Waals surface area contributed by atoms with Crippen LogP contribution in [0.3, 0.4) is 0 Å². The summed E-state index contributed by atoms with van der Waals surface area (Å²) in [6.07, 6.45) is 0. The van der Waals surface area contributed by atoms with Crippen molar-refractivity contribution in [2.75, 3.05) is 26.6 Å². The largest absolute Gasteiger partial charge is 0.496 e. The zero-order valence-electron chi connectivity index (χ0n) is 16.8. The number of H-pyrrole nitrogens is 2. The zero-order chi connectivity index (χ0) is 21.1. The Morgan fingerprint density at radius 3 is 2.63 bits per heavy atom. The Morgan fingerprint density at radius 2 is 1.87 bits per heavy atom. The zero-order valence-corrected chi connectivity index (χ0v) is 16.8. The third-order valence-electron chi connectivity index (χ3n) is 4.59. The van der Waals surface area contributed by atoms with E-state index in [2.05, 4.69) is 25.5 Å². The second-order valence-electron chi connectivity index (χ2n) is 6.52. The van der Waals surface area contributed by atoms with Crippen LogP contribution in [0.4, 0.5) is 5.69 Å². The highest BCUT2D eigenvalue weighted by molar-refractivity contribution is 6.07. The van der Waals surface area contributed by atoms with E-state index in [9.17, 15) is 4.79 Å². The second-order valence-corrected chi connectivity index (χ2v) is 6.52. The molecule has 0 aliphatic heterocycles. The molecule has 154 valence electrons. The van der Waals surface area contributed by atoms with Gasteiger partial charge >= 0.3 is 0 Å². The Bertz CT molecular complexity index is 1160. The fraction of sp³-hybridized carbons (Fsp3) is 0.190. The number of hydrogen-bond donors (Lipinski definition) is 3. The summed E-state index contributed by atoms with van der Waals surface area (Å²) < 4.78 is 15.8. The minimum absolute atomic E-state index is 0.289. The molecule has 4 aromatic rings. The number of methoxy groups -OCH3 is 3. The minimum Gasteiger partial charge on any atom is -0.496 e. The number of hydrogen-bond acceptors (Lipinski definition) is 6. The Labute approximate surface area is 172 Å². The maximum absolute atomic E-state index is 12.8. The van der Waals surface area contributed by atoms with Crippen molar-refractivity contribution in [1.82, 2.24) is 20.2 Å². The number of carbonyl (C=O) groups excluding carboxylic acids is 1. The molecule has 0 spiro atoms. The highest BCUT2D eigenvalue weighted by Gasteiger charge is 2.16. The van der Waals surface area contributed by atoms with Gasteiger partial charge in [-0.3, -0.25) is 9.89 Å². The number of carbonyl (C=O) groups is 1. The van der Waals surface area contributed by atoms with Crippen molar-refractivity contribution < 1.29 is 19.0 Å². The molecule has 0 radical (unpaired) electrons. The summed E-state index contributed by atoms with van der Waals surface area (Å²) >= 11 is 0. The fourth-order valence-corrected chi connectivity index (χ4v) is 3.20. The lowest BCUT2D eigenvalue weighted by atomic mass is 10.2. The summed E-state index contributed by atoms with van der Waals surface area (Å²) in [5.41, 5.74) is 2.47. The number of rotatable bonds is 7. The third-order valence-corrected chi connectivity index (χ3v) is 4.59. The van der Waals surface area contributed by atoms with Gasteiger partial charge in [0.2, 0.25) is 0 Å². The smallest absolute Gasteiger partial charge is 0.272 e. The maximum Gasteiger partial charge on any atom is 0.272 e. The Balaban J connectivity index is 1.59. The van der Waals surface area contributed by atoms with Crippen molar-refractivity contribution in [3.63, 3.8) is 0 Å². The molecule has 9 nitrogen and oxygen atoms in total. The average molecular weight is 407 g/mol. The Morgan fingerprint density at radius 1 is 1.07 bits per heavy atom. The van der Waals surface area contributed by atoms with Crippen molar-refractivity contribution in [2.45, 2.75) is 6.61 Å². The molecule has 0 saturated heterocycles. The van der Waals surface area contributed by atoms with Crippen LogP contribution in [0, 0.1) is 0 Å². The first-order valence-corrected chi connectivity index (χ1v) is 9.18. The van der Waals surface area contributed by atoms with E-state index >= 15 is 0 Å². The van der Waals surface area contributed by atoms with Gasteiger partial charge in [0.05, 0.1) is 19.7 Å². The van der Waals surface area contributed by atoms with Gasteiger partial charge in [-0.15, -0.1) is 0 Å². The number of aromatic nitrogens is 4. The Kier molecular flexibility index (Phi) is 5.36. The third kappa shape index (κ3) is 3.70. The van der Waals surface area contributed by atoms with Crippen molar-refractivity contribution in [2.24, 2.45) is 0 Å². The van der Waals surface area contributed by atoms with Crippen LogP contribution >= 0.6 is 0 Å². The molecule has 9 heteroatoms. The van der Waals surface area contributed by atoms with Gasteiger partial charge in [-0.25, -0.2) is 4.98 Å². The van der Waals surface area contributed by atoms with E-state index in [4.69, 9.17) is 14.2 Å². The molecule has 2 aromatic heterocycles. The summed E-state index contributed by atoms with van der Waals surface area (Å²) in [6, 6.07) is 12.6. The lowest BCUT2D eigenvalue weighted by Gasteiger charge is -2.05. The van der Waals surface area contributed by atoms with Gasteiger partial charge in [-0.2, -0.15) is 5.10 Å². The van der Waals surface area contributed by atoms with Crippen LogP contribution in [0.15, 0.2) is 42.5 Å². The summed E-state index contributed by atoms with van der Waals surface area (Å²) in [5, 5.41) is 10.7. The quantitative estimate of drug-likeness (QED) is 0.433. The average Bonchev–Trinajstić information content (AvgIpc) is 3.41. The molecular formula is C21H21N5O4. The molecule has 0 aliphatic carbocycles. The van der Waals surface area contributed by atoms with E-state index < -0.39 is 0 Å². The van der Waals surface area contributed by atoms with Crippen LogP contribution in [-0.4, -0.2) is 47.4 Å². The number of fused-ring (bicyclic) bond motifs is 1. The standard InChI is InChI=1S/C21H21N5O4/c1-28-11-18-24-20(26-25-18)12-5-4-6-13(9-12)22-21(27)15-10-14-16(29-2)7-8-17(30-3)19(14)23-15/h4-10,23H,11H2,1-3H3,(H,22,27)(H,24,25,26). The lowest BCUT2D eigenvalue weighted by molar-refractivity contribution is 0.102. The summed E-state index contributed by atoms with van der Waals surface area (Å²) in [7, 11) is 4.75. The first kappa shape index (κ1) is 19.5. The predicted molar refractivity (Wildman–Crippen MR) is 112 cm³/mol. The molecule has 4 rings (SSSR count). The van der Waals surface area contributed by atoms with Gasteiger partial charge in [0.25, 0.3) is 5.91 Å². The van der Waals surface area contributed by atoms with Gasteiger partial charge in [0, 0.05) is 23.7 Å². The van der Waals surface area contributed by atoms with Gasteiger partial charge < -0.3 is 24.5 Å². The molecule has 30 heavy (non-hydrogen) atoms. The van der Waals surface area contributed by atoms with E-state index in [-0.39, 0.29) is 5.91 Å². The molecule has 0 bridgehead atoms. The lowest BCUT2D eigenvalue weighted by Crippen LogP contribution is -2.12. The first-order chi connectivity index (χ1) is 14.6. The number of nitrogens with zero attached hydrogens (tertiary/aromatic N) is 2. The number of aromatic amines is 2. The van der Waals surface area contributed by atoms with Crippen LogP contribution < -0.4 is 14.8 Å². The molecule has 0 saturated carbocycles. The van der Waals surface area contributed by atoms with Gasteiger partial charge in [-0.1, -0.05) is 12.1 Å². The Hall–Kier alpha value is -3.85. The van der Waals surface area contributed by atoms with E-state index in [1.807, 2.05) is 18.2 Å². The summed E-state index contributed by atoms with van der Waals surface area (Å²) in [6.45, 7) is 0.344. The van der Waals surface area contributed by atoms with Crippen molar-refractivity contribution in [3.05, 3.63) is 54.0 Å². The monoisotopic (exact) mass is 407 g/mol. The summed E-state index contributed by atoms with van der Waals surface area (Å²) in [4.78, 5) is 20.3. The summed E-state index contributed by atoms with van der Waals surface area (Å²) in [5.74, 6) is 2.14. The maximum atomic E-state index is 12.8. The van der Waals surface area contributed by atoms with Gasteiger partial charge in [-0.05, 0) is 30.3 Å². The molecule has 2 aromatic carbocycles. The van der Waals surface area contributed by atoms with Crippen molar-refractivity contribution in [1.29, 1.82) is 0 Å². The van der Waals surface area contributed by atoms with Crippen LogP contribution in [0.25, 0.3) is 22.3 Å². The predicted octanol–water partition coefficient (Wildman–Crippen LogP) is 3.37. The topological polar surface area (TPSA) is 114 Å². The molecule has 0 aliphatic rings. The normalized spacial score (nSPS) is 10.9. The number of nitrogens with one attached hydrogen (secondary N) is 3. The van der Waals surface area contributed by atoms with Gasteiger partial charge in [0.15, 0.2) is 11.6 Å². The molecule has 3 N–H and O–H groups in total. The first-order valence-electron chi connectivity index (χ1n) is 9.18. The molecule has 0 fully saturated rings. The van der Waals surface area contributed by atoms with Crippen LogP contribution in [0.5, 0.6) is 11.5 Å². The van der Waals surface area contributed by atoms with Crippen molar-refractivity contribution in [3.8, 4) is 22.9 Å². The second kappa shape index (κ2) is 8.26. The number of amides is 1. The minimum atomic E-state index is -0.289. The van der Waals surface area contributed by atoms with E-state index in [0.717, 1.165) is 10.9 Å². The fourth-order valence-electron chi connectivity index (χ4n) is 3.20. The molecule has 0 atom stereocenters. The molecule has 0 unspecified atom stereocenters. The van der Waals surface area contributed by atoms with E-state index in [1.54, 1.807) is 45.6 Å². The number of anilines is 1. The van der Waals surface area contributed by atoms with Crippen molar-refractivity contribution >= 4 is 22.5 Å². The highest BCUT2D eigenvalue weighted by Crippen LogP contribution is 2.33. The van der Waals surface area contributed by atoms with E-state index in [1.165, 1.54) is 0 Å². The number of ether oxygens (including phenoxy) is 3. The molecular weight excluding hydrogens is 386 g/mol. The van der Waals surface area contributed by atoms with Crippen LogP contribution in [0.2, 0.25) is 0 Å². The van der Waals surface area contributed by atoms with Gasteiger partial charge in [0.1, 0.15) is 23.8 Å². The number of benzene rings is 2. The van der Waals surface area contributed by atoms with Crippen LogP contribution in [0.1, 0.15) is 16.3 Å². The van der Waals surface area contributed by atoms with Crippen LogP contribution in [-0.2, 0) is 11.3 Å². The van der Waals surface area contributed by atoms with E-state index in [0.29, 0.717) is 46.7 Å². The highest BCUT2D eigenvalue weighted by atomic mass is 16.5. The molecule has 2 heterocycles.